The molecule has 0 aliphatic carbocycles. The second-order valence-electron chi connectivity index (χ2n) is 1.50. The normalized spacial score (nSPS) is 7.20. The van der Waals surface area contributed by atoms with E-state index in [-0.39, 0.29) is 23.1 Å². The van der Waals surface area contributed by atoms with E-state index in [2.05, 4.69) is 14.8 Å². The molecule has 0 aromatic heterocycles. The summed E-state index contributed by atoms with van der Waals surface area (Å²) in [6, 6.07) is 0. The Kier molecular flexibility index (Phi) is 10.9. The summed E-state index contributed by atoms with van der Waals surface area (Å²) in [7, 11) is 0. The van der Waals surface area contributed by atoms with Crippen LogP contribution < -0.4 is 0 Å². The Morgan fingerprint density at radius 1 is 1.00 bits per heavy atom. The van der Waals surface area contributed by atoms with Gasteiger partial charge in [-0.15, -0.1) is 0 Å². The van der Waals surface area contributed by atoms with Crippen LogP contribution in [0.2, 0.25) is 14.8 Å². The van der Waals surface area contributed by atoms with Gasteiger partial charge >= 0.3 is 34.6 Å². The summed E-state index contributed by atoms with van der Waals surface area (Å²) in [5, 5.41) is 0. The van der Waals surface area contributed by atoms with Crippen molar-refractivity contribution in [1.82, 2.24) is 0 Å². The first-order valence-electron chi connectivity index (χ1n) is 1.50. The molecule has 0 fully saturated rings. The van der Waals surface area contributed by atoms with E-state index in [1.807, 2.05) is 0 Å². The van der Waals surface area contributed by atoms with Crippen molar-refractivity contribution in [1.29, 1.82) is 0 Å². The van der Waals surface area contributed by atoms with Gasteiger partial charge in [0.15, 0.2) is 0 Å². The van der Waals surface area contributed by atoms with Crippen LogP contribution in [0.15, 0.2) is 0 Å². The Morgan fingerprint density at radius 2 is 1.00 bits per heavy atom. The number of rotatable bonds is 0. The van der Waals surface area contributed by atoms with Gasteiger partial charge in [0.2, 0.25) is 0 Å². The third-order valence-corrected chi connectivity index (χ3v) is 0. The van der Waals surface area contributed by atoms with Gasteiger partial charge in [-0.05, 0) is 0 Å². The van der Waals surface area contributed by atoms with Gasteiger partial charge < -0.3 is 0 Å². The maximum atomic E-state index is 2.36. The SMILES string of the molecule is [CH3][Sn]([CH3])[CH3].[Mg]. The predicted molar refractivity (Wildman–Crippen MR) is 29.1 cm³/mol. The molecule has 0 aliphatic heterocycles. The molecule has 27 valence electrons. The molecular weight excluding hydrogens is 179 g/mol. The van der Waals surface area contributed by atoms with E-state index in [1.54, 1.807) is 0 Å². The van der Waals surface area contributed by atoms with Gasteiger partial charge in [0.25, 0.3) is 0 Å². The third-order valence-electron chi connectivity index (χ3n) is 0. The van der Waals surface area contributed by atoms with E-state index >= 15 is 0 Å². The first-order chi connectivity index (χ1) is 1.73. The minimum Gasteiger partial charge on any atom is 0 e. The summed E-state index contributed by atoms with van der Waals surface area (Å²) >= 11 is -0.543. The molecule has 0 amide bonds. The van der Waals surface area contributed by atoms with Gasteiger partial charge in [-0.25, -0.2) is 0 Å². The van der Waals surface area contributed by atoms with Crippen LogP contribution in [0.1, 0.15) is 0 Å². The molecule has 0 saturated heterocycles. The van der Waals surface area contributed by atoms with Crippen LogP contribution in [0, 0.1) is 0 Å². The molecule has 0 unspecified atom stereocenters. The van der Waals surface area contributed by atoms with Crippen molar-refractivity contribution in [3.63, 3.8) is 0 Å². The molecule has 2 heteroatoms. The fraction of sp³-hybridized carbons (Fsp3) is 1.00. The zero-order valence-corrected chi connectivity index (χ0v) is 8.48. The van der Waals surface area contributed by atoms with Gasteiger partial charge in [0.1, 0.15) is 0 Å². The molecule has 0 aromatic carbocycles. The molecule has 0 aliphatic rings. The minimum absolute atomic E-state index is 0. The second-order valence-corrected chi connectivity index (χ2v) is 10.1. The topological polar surface area (TPSA) is 0 Å². The molecule has 0 nitrogen and oxygen atoms in total. The summed E-state index contributed by atoms with van der Waals surface area (Å²) < 4.78 is 0. The molecule has 0 rings (SSSR count). The summed E-state index contributed by atoms with van der Waals surface area (Å²) in [6.07, 6.45) is 0. The Labute approximate surface area is 57.2 Å². The predicted octanol–water partition coefficient (Wildman–Crippen LogP) is 0.990. The third kappa shape index (κ3) is 28.9. The average Bonchev–Trinajstić information content (AvgIpc) is 0.811. The zero-order chi connectivity index (χ0) is 3.58. The molecule has 0 aromatic rings. The van der Waals surface area contributed by atoms with Gasteiger partial charge in [-0.2, -0.15) is 0 Å². The first-order valence-corrected chi connectivity index (χ1v) is 10.1. The Hall–Kier alpha value is 1.56. The van der Waals surface area contributed by atoms with Crippen LogP contribution in [0.25, 0.3) is 0 Å². The van der Waals surface area contributed by atoms with Crippen LogP contribution >= 0.6 is 0 Å². The quantitative estimate of drug-likeness (QED) is 0.497. The molecule has 5 heavy (non-hydrogen) atoms. The Balaban J connectivity index is 0. The number of hydrogen-bond donors (Lipinski definition) is 0. The molecule has 3 radical (unpaired) electrons. The summed E-state index contributed by atoms with van der Waals surface area (Å²) in [5.74, 6) is 0. The van der Waals surface area contributed by atoms with Crippen LogP contribution in [-0.4, -0.2) is 42.8 Å². The first kappa shape index (κ1) is 9.76. The van der Waals surface area contributed by atoms with E-state index in [0.29, 0.717) is 0 Å². The largest absolute Gasteiger partial charge is 0 e. The summed E-state index contributed by atoms with van der Waals surface area (Å²) in [6.45, 7) is 0. The van der Waals surface area contributed by atoms with Crippen molar-refractivity contribution in [3.8, 4) is 0 Å². The minimum atomic E-state index is -0.543. The maximum absolute atomic E-state index is 2.36. The smallest absolute Gasteiger partial charge is 0 e. The Morgan fingerprint density at radius 3 is 1.00 bits per heavy atom. The van der Waals surface area contributed by atoms with E-state index < -0.39 is 19.8 Å². The summed E-state index contributed by atoms with van der Waals surface area (Å²) in [4.78, 5) is 7.09. The van der Waals surface area contributed by atoms with Crippen molar-refractivity contribution in [2.75, 3.05) is 0 Å². The van der Waals surface area contributed by atoms with Crippen LogP contribution in [-0.2, 0) is 0 Å². The van der Waals surface area contributed by atoms with Gasteiger partial charge in [0.05, 0.1) is 0 Å². The second kappa shape index (κ2) is 5.56. The molecule has 0 heterocycles. The fourth-order valence-corrected chi connectivity index (χ4v) is 0. The van der Waals surface area contributed by atoms with E-state index in [4.69, 9.17) is 0 Å². The van der Waals surface area contributed by atoms with E-state index in [9.17, 15) is 0 Å². The van der Waals surface area contributed by atoms with E-state index in [0.717, 1.165) is 0 Å². The van der Waals surface area contributed by atoms with Crippen LogP contribution in [0.3, 0.4) is 0 Å². The standard InChI is InChI=1S/3CH3.Mg.Sn/h3*1H3;;. The summed E-state index contributed by atoms with van der Waals surface area (Å²) in [5.41, 5.74) is 0. The van der Waals surface area contributed by atoms with Crippen molar-refractivity contribution in [3.05, 3.63) is 0 Å². The van der Waals surface area contributed by atoms with E-state index in [1.165, 1.54) is 0 Å². The van der Waals surface area contributed by atoms with Crippen molar-refractivity contribution < 1.29 is 0 Å². The van der Waals surface area contributed by atoms with Crippen molar-refractivity contribution >= 4 is 42.8 Å². The Bertz CT molecular complexity index is 11.6. The van der Waals surface area contributed by atoms with Gasteiger partial charge in [-0.3, -0.25) is 0 Å². The number of hydrogen-bond acceptors (Lipinski definition) is 0. The molecule has 0 atom stereocenters. The van der Waals surface area contributed by atoms with Crippen molar-refractivity contribution in [2.45, 2.75) is 14.8 Å². The molecular formula is C3H9MgSn. The molecule has 0 N–H and O–H groups in total. The molecule has 0 spiro atoms. The van der Waals surface area contributed by atoms with Gasteiger partial charge in [0, 0.05) is 23.1 Å². The molecule has 0 bridgehead atoms. The molecule has 0 saturated carbocycles. The van der Waals surface area contributed by atoms with Gasteiger partial charge in [-0.1, -0.05) is 0 Å². The maximum Gasteiger partial charge on any atom is 0 e. The zero-order valence-electron chi connectivity index (χ0n) is 4.21. The monoisotopic (exact) mass is 189 g/mol. The average molecular weight is 188 g/mol. The van der Waals surface area contributed by atoms with Crippen LogP contribution in [0.4, 0.5) is 0 Å². The van der Waals surface area contributed by atoms with Crippen LogP contribution in [0.5, 0.6) is 0 Å². The fourth-order valence-electron chi connectivity index (χ4n) is 0. The van der Waals surface area contributed by atoms with Crippen molar-refractivity contribution in [2.24, 2.45) is 0 Å².